The second-order valence-corrected chi connectivity index (χ2v) is 4.14. The fourth-order valence-electron chi connectivity index (χ4n) is 1.75. The highest BCUT2D eigenvalue weighted by Crippen LogP contribution is 2.09. The predicted octanol–water partition coefficient (Wildman–Crippen LogP) is 0.829. The van der Waals surface area contributed by atoms with Crippen LogP contribution in [0.4, 0.5) is 0 Å². The van der Waals surface area contributed by atoms with E-state index >= 15 is 0 Å². The van der Waals surface area contributed by atoms with Crippen LogP contribution in [-0.2, 0) is 6.54 Å². The first-order valence-corrected chi connectivity index (χ1v) is 5.61. The van der Waals surface area contributed by atoms with Gasteiger partial charge in [0.25, 0.3) is 0 Å². The fraction of sp³-hybridized carbons (Fsp3) is 0.600. The monoisotopic (exact) mass is 226 g/mol. The molecule has 1 aromatic heterocycles. The lowest BCUT2D eigenvalue weighted by molar-refractivity contribution is 0.509. The van der Waals surface area contributed by atoms with Gasteiger partial charge in [0.1, 0.15) is 0 Å². The third-order valence-electron chi connectivity index (χ3n) is 2.61. The Morgan fingerprint density at radius 3 is 3.07 bits per heavy atom. The lowest BCUT2D eigenvalue weighted by Gasteiger charge is -2.09. The zero-order chi connectivity index (χ0) is 10.5. The van der Waals surface area contributed by atoms with Crippen LogP contribution in [0.3, 0.4) is 0 Å². The summed E-state index contributed by atoms with van der Waals surface area (Å²) in [5.74, 6) is 0.737. The van der Waals surface area contributed by atoms with Crippen molar-refractivity contribution >= 4 is 11.6 Å². The molecule has 1 aromatic rings. The molecule has 0 saturated carbocycles. The molecule has 0 spiro atoms. The molecule has 2 heterocycles. The lowest BCUT2D eigenvalue weighted by Crippen LogP contribution is -2.24. The van der Waals surface area contributed by atoms with E-state index in [0.29, 0.717) is 11.7 Å². The molecule has 0 amide bonds. The Morgan fingerprint density at radius 1 is 1.47 bits per heavy atom. The number of nitrogens with zero attached hydrogens (tertiary/aromatic N) is 2. The Morgan fingerprint density at radius 2 is 2.33 bits per heavy atom. The van der Waals surface area contributed by atoms with Crippen LogP contribution in [-0.4, -0.2) is 29.6 Å². The van der Waals surface area contributed by atoms with Crippen LogP contribution in [0, 0.1) is 5.92 Å². The van der Waals surface area contributed by atoms with E-state index in [-0.39, 0.29) is 0 Å². The van der Waals surface area contributed by atoms with E-state index in [4.69, 9.17) is 11.6 Å². The summed E-state index contributed by atoms with van der Waals surface area (Å²) in [7, 11) is 0. The average Bonchev–Trinajstić information content (AvgIpc) is 2.74. The summed E-state index contributed by atoms with van der Waals surface area (Å²) in [6.07, 6.45) is 4.52. The molecule has 4 nitrogen and oxygen atoms in total. The van der Waals surface area contributed by atoms with E-state index < -0.39 is 0 Å². The van der Waals surface area contributed by atoms with Crippen molar-refractivity contribution in [2.45, 2.75) is 13.0 Å². The van der Waals surface area contributed by atoms with Crippen LogP contribution in [0.1, 0.15) is 12.1 Å². The van der Waals surface area contributed by atoms with Gasteiger partial charge in [-0.1, -0.05) is 11.6 Å². The molecule has 1 saturated heterocycles. The number of aromatic nitrogens is 2. The Kier molecular flexibility index (Phi) is 3.88. The van der Waals surface area contributed by atoms with E-state index in [1.807, 2.05) is 0 Å². The fourth-order valence-corrected chi connectivity index (χ4v) is 1.92. The molecule has 82 valence electrons. The van der Waals surface area contributed by atoms with Crippen molar-refractivity contribution < 1.29 is 0 Å². The molecular weight excluding hydrogens is 212 g/mol. The Bertz CT molecular complexity index is 312. The van der Waals surface area contributed by atoms with Crippen LogP contribution in [0.5, 0.6) is 0 Å². The van der Waals surface area contributed by atoms with Gasteiger partial charge in [-0.05, 0) is 32.0 Å². The highest BCUT2D eigenvalue weighted by Gasteiger charge is 2.13. The van der Waals surface area contributed by atoms with Gasteiger partial charge in [0, 0.05) is 18.9 Å². The van der Waals surface area contributed by atoms with Crippen LogP contribution < -0.4 is 10.6 Å². The summed E-state index contributed by atoms with van der Waals surface area (Å²) in [6, 6.07) is 0. The summed E-state index contributed by atoms with van der Waals surface area (Å²) in [6.45, 7) is 3.96. The summed E-state index contributed by atoms with van der Waals surface area (Å²) in [5, 5.41) is 7.19. The molecule has 1 fully saturated rings. The number of halogens is 1. The lowest BCUT2D eigenvalue weighted by atomic mass is 10.1. The molecule has 1 aliphatic rings. The summed E-state index contributed by atoms with van der Waals surface area (Å²) in [5.41, 5.74) is 0.824. The molecule has 1 atom stereocenters. The van der Waals surface area contributed by atoms with Crippen molar-refractivity contribution in [1.82, 2.24) is 20.6 Å². The van der Waals surface area contributed by atoms with Crippen LogP contribution in [0.2, 0.25) is 5.15 Å². The smallest absolute Gasteiger partial charge is 0.151 e. The molecule has 2 rings (SSSR count). The van der Waals surface area contributed by atoms with Crippen LogP contribution >= 0.6 is 11.6 Å². The first-order valence-electron chi connectivity index (χ1n) is 5.23. The van der Waals surface area contributed by atoms with E-state index in [2.05, 4.69) is 20.6 Å². The SMILES string of the molecule is Clc1nccnc1CNC[C@H]1CCNC1. The van der Waals surface area contributed by atoms with Gasteiger partial charge in [-0.15, -0.1) is 0 Å². The van der Waals surface area contributed by atoms with Gasteiger partial charge < -0.3 is 10.6 Å². The molecular formula is C10H15ClN4. The molecule has 0 unspecified atom stereocenters. The van der Waals surface area contributed by atoms with Crippen molar-refractivity contribution in [1.29, 1.82) is 0 Å². The number of hydrogen-bond donors (Lipinski definition) is 2. The first kappa shape index (κ1) is 10.8. The van der Waals surface area contributed by atoms with Gasteiger partial charge in [-0.2, -0.15) is 0 Å². The molecule has 5 heteroatoms. The second kappa shape index (κ2) is 5.39. The van der Waals surface area contributed by atoms with Crippen LogP contribution in [0.25, 0.3) is 0 Å². The third kappa shape index (κ3) is 3.12. The molecule has 0 radical (unpaired) electrons. The molecule has 2 N–H and O–H groups in total. The first-order chi connectivity index (χ1) is 7.36. The average molecular weight is 227 g/mol. The summed E-state index contributed by atoms with van der Waals surface area (Å²) < 4.78 is 0. The zero-order valence-electron chi connectivity index (χ0n) is 8.54. The molecule has 0 bridgehead atoms. The van der Waals surface area contributed by atoms with Crippen LogP contribution in [0.15, 0.2) is 12.4 Å². The highest BCUT2D eigenvalue weighted by atomic mass is 35.5. The predicted molar refractivity (Wildman–Crippen MR) is 59.7 cm³/mol. The van der Waals surface area contributed by atoms with Gasteiger partial charge in [0.15, 0.2) is 5.15 Å². The molecule has 15 heavy (non-hydrogen) atoms. The minimum Gasteiger partial charge on any atom is -0.316 e. The third-order valence-corrected chi connectivity index (χ3v) is 2.93. The largest absolute Gasteiger partial charge is 0.316 e. The van der Waals surface area contributed by atoms with E-state index in [9.17, 15) is 0 Å². The normalized spacial score (nSPS) is 20.7. The van der Waals surface area contributed by atoms with Gasteiger partial charge in [0.2, 0.25) is 0 Å². The maximum atomic E-state index is 5.89. The van der Waals surface area contributed by atoms with Crippen molar-refractivity contribution in [3.8, 4) is 0 Å². The van der Waals surface area contributed by atoms with Gasteiger partial charge in [-0.3, -0.25) is 4.98 Å². The topological polar surface area (TPSA) is 49.8 Å². The molecule has 1 aliphatic heterocycles. The van der Waals surface area contributed by atoms with Crippen molar-refractivity contribution in [3.63, 3.8) is 0 Å². The Labute approximate surface area is 94.5 Å². The number of hydrogen-bond acceptors (Lipinski definition) is 4. The second-order valence-electron chi connectivity index (χ2n) is 3.78. The van der Waals surface area contributed by atoms with Gasteiger partial charge in [-0.25, -0.2) is 4.98 Å². The number of rotatable bonds is 4. The van der Waals surface area contributed by atoms with E-state index in [0.717, 1.165) is 31.2 Å². The van der Waals surface area contributed by atoms with E-state index in [1.54, 1.807) is 12.4 Å². The maximum absolute atomic E-state index is 5.89. The summed E-state index contributed by atoms with van der Waals surface area (Å²) in [4.78, 5) is 8.15. The minimum absolute atomic E-state index is 0.495. The van der Waals surface area contributed by atoms with Crippen molar-refractivity contribution in [2.75, 3.05) is 19.6 Å². The van der Waals surface area contributed by atoms with Gasteiger partial charge >= 0.3 is 0 Å². The quantitative estimate of drug-likeness (QED) is 0.799. The van der Waals surface area contributed by atoms with Crippen molar-refractivity contribution in [3.05, 3.63) is 23.2 Å². The Hall–Kier alpha value is -0.710. The maximum Gasteiger partial charge on any atom is 0.151 e. The standard InChI is InChI=1S/C10H15ClN4/c11-10-9(14-3-4-15-10)7-13-6-8-1-2-12-5-8/h3-4,8,12-13H,1-2,5-7H2/t8-/m0/s1. The molecule has 0 aromatic carbocycles. The van der Waals surface area contributed by atoms with Crippen molar-refractivity contribution in [2.24, 2.45) is 5.92 Å². The van der Waals surface area contributed by atoms with E-state index in [1.165, 1.54) is 6.42 Å². The zero-order valence-corrected chi connectivity index (χ0v) is 9.30. The molecule has 0 aliphatic carbocycles. The van der Waals surface area contributed by atoms with Gasteiger partial charge in [0.05, 0.1) is 5.69 Å². The minimum atomic E-state index is 0.495. The summed E-state index contributed by atoms with van der Waals surface area (Å²) >= 11 is 5.89. The number of nitrogens with one attached hydrogen (secondary N) is 2. The highest BCUT2D eigenvalue weighted by molar-refractivity contribution is 6.29. The Balaban J connectivity index is 1.75.